The molecule has 0 atom stereocenters. The van der Waals surface area contributed by atoms with Gasteiger partial charge in [-0.05, 0) is 24.2 Å². The molecule has 0 saturated heterocycles. The minimum absolute atomic E-state index is 0.410. The summed E-state index contributed by atoms with van der Waals surface area (Å²) in [5.74, 6) is 0. The van der Waals surface area contributed by atoms with E-state index in [9.17, 15) is 0 Å². The number of rotatable bonds is 0. The average Bonchev–Trinajstić information content (AvgIpc) is 1.94. The van der Waals surface area contributed by atoms with Crippen LogP contribution in [0.3, 0.4) is 0 Å². The van der Waals surface area contributed by atoms with Gasteiger partial charge in [0.05, 0.1) is 0 Å². The normalized spacial score (nSPS) is 28.3. The van der Waals surface area contributed by atoms with E-state index in [1.165, 1.54) is 6.42 Å². The van der Waals surface area contributed by atoms with Gasteiger partial charge in [-0.2, -0.15) is 0 Å². The topological polar surface area (TPSA) is 0 Å². The summed E-state index contributed by atoms with van der Waals surface area (Å²) in [6, 6.07) is 0. The molecule has 0 aliphatic heterocycles. The Bertz CT molecular complexity index is 170. The van der Waals surface area contributed by atoms with E-state index in [1.54, 1.807) is 5.57 Å². The lowest BCUT2D eigenvalue weighted by Crippen LogP contribution is -2.28. The summed E-state index contributed by atoms with van der Waals surface area (Å²) < 4.78 is 0. The van der Waals surface area contributed by atoms with Crippen LogP contribution in [0.1, 0.15) is 41.0 Å². The molecule has 1 aliphatic carbocycles. The molecule has 0 aromatic heterocycles. The monoisotopic (exact) mass is 138 g/mol. The van der Waals surface area contributed by atoms with Gasteiger partial charge in [-0.25, -0.2) is 0 Å². The Labute approximate surface area is 64.3 Å². The van der Waals surface area contributed by atoms with Crippen molar-refractivity contribution >= 4 is 0 Å². The number of hydrogen-bond acceptors (Lipinski definition) is 0. The zero-order valence-corrected chi connectivity index (χ0v) is 7.78. The van der Waals surface area contributed by atoms with Gasteiger partial charge in [-0.15, -0.1) is 0 Å². The molecule has 0 saturated carbocycles. The highest BCUT2D eigenvalue weighted by Crippen LogP contribution is 2.51. The second-order valence-corrected chi connectivity index (χ2v) is 4.60. The van der Waals surface area contributed by atoms with Crippen LogP contribution in [0.2, 0.25) is 0 Å². The summed E-state index contributed by atoms with van der Waals surface area (Å²) in [4.78, 5) is 0. The van der Waals surface area contributed by atoms with Gasteiger partial charge in [0.1, 0.15) is 0 Å². The van der Waals surface area contributed by atoms with Crippen LogP contribution in [-0.4, -0.2) is 0 Å². The molecule has 0 heteroatoms. The molecule has 10 heavy (non-hydrogen) atoms. The third-order valence-corrected chi connectivity index (χ3v) is 3.60. The molecule has 0 aromatic carbocycles. The highest BCUT2D eigenvalue weighted by atomic mass is 14.5. The Morgan fingerprint density at radius 1 is 1.20 bits per heavy atom. The predicted molar refractivity (Wildman–Crippen MR) is 45.9 cm³/mol. The highest BCUT2D eigenvalue weighted by molar-refractivity contribution is 5.21. The van der Waals surface area contributed by atoms with Gasteiger partial charge < -0.3 is 0 Å². The van der Waals surface area contributed by atoms with E-state index in [0.29, 0.717) is 10.8 Å². The first-order valence-electron chi connectivity index (χ1n) is 4.05. The second-order valence-electron chi connectivity index (χ2n) is 4.60. The van der Waals surface area contributed by atoms with Crippen molar-refractivity contribution in [1.82, 2.24) is 0 Å². The molecule has 0 heterocycles. The van der Waals surface area contributed by atoms with Crippen molar-refractivity contribution in [2.45, 2.75) is 41.0 Å². The smallest absolute Gasteiger partial charge is 0.00934 e. The minimum atomic E-state index is 0.410. The van der Waals surface area contributed by atoms with Gasteiger partial charge in [0.2, 0.25) is 0 Å². The van der Waals surface area contributed by atoms with Crippen molar-refractivity contribution in [2.75, 3.05) is 0 Å². The largest absolute Gasteiger partial charge is 0.0845 e. The first-order valence-corrected chi connectivity index (χ1v) is 4.05. The van der Waals surface area contributed by atoms with Gasteiger partial charge in [0.25, 0.3) is 0 Å². The lowest BCUT2D eigenvalue weighted by molar-refractivity contribution is 0.179. The quantitative estimate of drug-likeness (QED) is 0.450. The first kappa shape index (κ1) is 7.84. The average molecular weight is 138 g/mol. The summed E-state index contributed by atoms with van der Waals surface area (Å²) in [6.07, 6.45) is 3.62. The van der Waals surface area contributed by atoms with Crippen molar-refractivity contribution < 1.29 is 0 Å². The molecule has 1 rings (SSSR count). The van der Waals surface area contributed by atoms with E-state index in [4.69, 9.17) is 0 Å². The molecule has 1 aliphatic rings. The molecule has 0 N–H and O–H groups in total. The molecule has 58 valence electrons. The third kappa shape index (κ3) is 0.817. The van der Waals surface area contributed by atoms with Crippen LogP contribution in [0.4, 0.5) is 0 Å². The zero-order valence-electron chi connectivity index (χ0n) is 7.78. The van der Waals surface area contributed by atoms with Crippen molar-refractivity contribution in [3.8, 4) is 0 Å². The minimum Gasteiger partial charge on any atom is -0.0845 e. The van der Waals surface area contributed by atoms with Crippen LogP contribution in [-0.2, 0) is 0 Å². The van der Waals surface area contributed by atoms with E-state index in [-0.39, 0.29) is 0 Å². The van der Waals surface area contributed by atoms with Crippen LogP contribution >= 0.6 is 0 Å². The van der Waals surface area contributed by atoms with E-state index < -0.39 is 0 Å². The molecular weight excluding hydrogens is 120 g/mol. The van der Waals surface area contributed by atoms with Crippen LogP contribution in [0, 0.1) is 10.8 Å². The van der Waals surface area contributed by atoms with E-state index in [0.717, 1.165) is 0 Å². The summed E-state index contributed by atoms with van der Waals surface area (Å²) in [7, 11) is 0. The lowest BCUT2D eigenvalue weighted by Gasteiger charge is -2.36. The van der Waals surface area contributed by atoms with Gasteiger partial charge in [-0.3, -0.25) is 0 Å². The van der Waals surface area contributed by atoms with E-state index >= 15 is 0 Å². The molecule has 0 amide bonds. The van der Waals surface area contributed by atoms with Crippen LogP contribution < -0.4 is 0 Å². The highest BCUT2D eigenvalue weighted by Gasteiger charge is 2.41. The van der Waals surface area contributed by atoms with Crippen molar-refractivity contribution in [2.24, 2.45) is 10.8 Å². The van der Waals surface area contributed by atoms with E-state index in [1.807, 2.05) is 0 Å². The molecule has 0 fully saturated rings. The predicted octanol–water partition coefficient (Wildman–Crippen LogP) is 3.39. The maximum Gasteiger partial charge on any atom is -0.00934 e. The summed E-state index contributed by atoms with van der Waals surface area (Å²) >= 11 is 0. The Kier molecular flexibility index (Phi) is 1.47. The van der Waals surface area contributed by atoms with Crippen LogP contribution in [0.5, 0.6) is 0 Å². The number of hydrogen-bond donors (Lipinski definition) is 0. The molecule has 0 aromatic rings. The van der Waals surface area contributed by atoms with Crippen LogP contribution in [0.15, 0.2) is 11.6 Å². The fraction of sp³-hybridized carbons (Fsp3) is 0.800. The van der Waals surface area contributed by atoms with Gasteiger partial charge in [0.15, 0.2) is 0 Å². The standard InChI is InChI=1S/C10H18/c1-8-6-7-9(2,3)10(8,4)5/h6H,7H2,1-5H3. The summed E-state index contributed by atoms with van der Waals surface area (Å²) in [5.41, 5.74) is 2.43. The van der Waals surface area contributed by atoms with Crippen LogP contribution in [0.25, 0.3) is 0 Å². The lowest BCUT2D eigenvalue weighted by atomic mass is 9.68. The Morgan fingerprint density at radius 3 is 1.80 bits per heavy atom. The van der Waals surface area contributed by atoms with Crippen molar-refractivity contribution in [3.63, 3.8) is 0 Å². The summed E-state index contributed by atoms with van der Waals surface area (Å²) in [6.45, 7) is 11.6. The Hall–Kier alpha value is -0.260. The van der Waals surface area contributed by atoms with Gasteiger partial charge in [0, 0.05) is 0 Å². The maximum atomic E-state index is 2.38. The number of allylic oxidation sites excluding steroid dienone is 2. The van der Waals surface area contributed by atoms with Gasteiger partial charge in [-0.1, -0.05) is 39.3 Å². The fourth-order valence-electron chi connectivity index (χ4n) is 1.45. The first-order chi connectivity index (χ1) is 4.38. The molecule has 0 radical (unpaired) electrons. The summed E-state index contributed by atoms with van der Waals surface area (Å²) in [5, 5.41) is 0. The maximum absolute atomic E-state index is 2.38. The molecule has 0 bridgehead atoms. The van der Waals surface area contributed by atoms with Gasteiger partial charge >= 0.3 is 0 Å². The second kappa shape index (κ2) is 1.87. The van der Waals surface area contributed by atoms with Crippen molar-refractivity contribution in [3.05, 3.63) is 11.6 Å². The Balaban J connectivity index is 2.96. The molecular formula is C10H18. The SMILES string of the molecule is CC1=CCC(C)(C)C1(C)C. The fourth-order valence-corrected chi connectivity index (χ4v) is 1.45. The molecule has 0 unspecified atom stereocenters. The molecule has 0 spiro atoms. The zero-order chi connectivity index (χ0) is 7.99. The van der Waals surface area contributed by atoms with E-state index in [2.05, 4.69) is 40.7 Å². The Morgan fingerprint density at radius 2 is 1.70 bits per heavy atom. The van der Waals surface area contributed by atoms with Crippen molar-refractivity contribution in [1.29, 1.82) is 0 Å². The molecule has 0 nitrogen and oxygen atoms in total. The third-order valence-electron chi connectivity index (χ3n) is 3.60.